The van der Waals surface area contributed by atoms with Crippen molar-refractivity contribution >= 4 is 11.5 Å². The highest BCUT2D eigenvalue weighted by Gasteiger charge is 2.38. The van der Waals surface area contributed by atoms with E-state index in [1.54, 1.807) is 12.1 Å². The number of Topliss-reactive ketones (excluding diaryl/α,β-unsaturated/α-hetero) is 1. The zero-order valence-electron chi connectivity index (χ0n) is 11.0. The Bertz CT molecular complexity index is 547. The summed E-state index contributed by atoms with van der Waals surface area (Å²) in [6.07, 6.45) is -0.995. The van der Waals surface area contributed by atoms with E-state index in [1.165, 1.54) is 0 Å². The van der Waals surface area contributed by atoms with Crippen molar-refractivity contribution in [1.29, 1.82) is 0 Å². The molecule has 0 fully saturated rings. The lowest BCUT2D eigenvalue weighted by molar-refractivity contribution is -0.170. The number of rotatable bonds is 2. The van der Waals surface area contributed by atoms with Gasteiger partial charge in [0.1, 0.15) is 0 Å². The minimum atomic E-state index is -4.74. The first-order valence-corrected chi connectivity index (χ1v) is 6.51. The van der Waals surface area contributed by atoms with E-state index in [-0.39, 0.29) is 0 Å². The summed E-state index contributed by atoms with van der Waals surface area (Å²) in [4.78, 5) is 11.0. The van der Waals surface area contributed by atoms with Crippen LogP contribution in [-0.4, -0.2) is 12.0 Å². The van der Waals surface area contributed by atoms with E-state index in [1.807, 2.05) is 12.1 Å². The summed E-state index contributed by atoms with van der Waals surface area (Å²) in [5, 5.41) is 0. The molecule has 0 aromatic heterocycles. The van der Waals surface area contributed by atoms with Crippen LogP contribution >= 0.6 is 0 Å². The van der Waals surface area contributed by atoms with Crippen LogP contribution in [0.3, 0.4) is 0 Å². The summed E-state index contributed by atoms with van der Waals surface area (Å²) in [6.45, 7) is 0. The van der Waals surface area contributed by atoms with Crippen molar-refractivity contribution < 1.29 is 18.0 Å². The molecule has 1 aliphatic carbocycles. The second-order valence-corrected chi connectivity index (χ2v) is 5.03. The van der Waals surface area contributed by atoms with E-state index >= 15 is 0 Å². The Labute approximate surface area is 115 Å². The maximum atomic E-state index is 12.3. The fraction of sp³-hybridized carbons (Fsp3) is 0.400. The summed E-state index contributed by atoms with van der Waals surface area (Å²) in [7, 11) is 0. The van der Waals surface area contributed by atoms with Crippen molar-refractivity contribution in [3.8, 4) is 0 Å². The predicted octanol–water partition coefficient (Wildman–Crippen LogP) is 3.60. The number of aryl methyl sites for hydroxylation is 2. The van der Waals surface area contributed by atoms with Crippen LogP contribution in [0.4, 0.5) is 18.9 Å². The highest BCUT2D eigenvalue weighted by Crippen LogP contribution is 2.26. The highest BCUT2D eigenvalue weighted by atomic mass is 19.4. The van der Waals surface area contributed by atoms with Crippen molar-refractivity contribution in [3.05, 3.63) is 41.0 Å². The fourth-order valence-corrected chi connectivity index (χ4v) is 2.42. The van der Waals surface area contributed by atoms with Gasteiger partial charge in [0, 0.05) is 12.1 Å². The SMILES string of the molecule is Nc1ccc2c(c1)CCC=C(CC(=O)C(F)(F)F)CC2. The number of benzene rings is 1. The van der Waals surface area contributed by atoms with E-state index in [9.17, 15) is 18.0 Å². The Morgan fingerprint density at radius 2 is 1.90 bits per heavy atom. The average molecular weight is 283 g/mol. The van der Waals surface area contributed by atoms with E-state index in [0.717, 1.165) is 17.5 Å². The molecule has 1 aromatic carbocycles. The summed E-state index contributed by atoms with van der Waals surface area (Å²) in [5.74, 6) is -1.66. The molecule has 5 heteroatoms. The van der Waals surface area contributed by atoms with Gasteiger partial charge in [-0.15, -0.1) is 0 Å². The summed E-state index contributed by atoms with van der Waals surface area (Å²) >= 11 is 0. The van der Waals surface area contributed by atoms with Crippen molar-refractivity contribution in [3.63, 3.8) is 0 Å². The van der Waals surface area contributed by atoms with Crippen LogP contribution < -0.4 is 5.73 Å². The molecule has 0 spiro atoms. The zero-order valence-corrected chi connectivity index (χ0v) is 11.0. The molecule has 0 saturated carbocycles. The number of hydrogen-bond donors (Lipinski definition) is 1. The maximum Gasteiger partial charge on any atom is 0.450 e. The third-order valence-corrected chi connectivity index (χ3v) is 3.50. The van der Waals surface area contributed by atoms with Gasteiger partial charge in [-0.2, -0.15) is 13.2 Å². The Kier molecular flexibility index (Phi) is 4.16. The molecule has 0 radical (unpaired) electrons. The molecule has 0 saturated heterocycles. The number of fused-ring (bicyclic) bond motifs is 1. The number of ketones is 1. The topological polar surface area (TPSA) is 43.1 Å². The van der Waals surface area contributed by atoms with Gasteiger partial charge in [-0.3, -0.25) is 4.79 Å². The number of carbonyl (C=O) groups excluding carboxylic acids is 1. The first-order chi connectivity index (χ1) is 9.36. The molecule has 0 heterocycles. The number of carbonyl (C=O) groups is 1. The third kappa shape index (κ3) is 3.62. The molecule has 1 aliphatic rings. The molecule has 2 N–H and O–H groups in total. The number of hydrogen-bond acceptors (Lipinski definition) is 2. The third-order valence-electron chi connectivity index (χ3n) is 3.50. The lowest BCUT2D eigenvalue weighted by atomic mass is 9.91. The van der Waals surface area contributed by atoms with Gasteiger partial charge in [0.25, 0.3) is 0 Å². The van der Waals surface area contributed by atoms with Gasteiger partial charge in [0.2, 0.25) is 5.78 Å². The van der Waals surface area contributed by atoms with E-state index in [2.05, 4.69) is 0 Å². The second-order valence-electron chi connectivity index (χ2n) is 5.03. The Balaban J connectivity index is 2.07. The molecule has 0 aliphatic heterocycles. The van der Waals surface area contributed by atoms with Gasteiger partial charge in [-0.25, -0.2) is 0 Å². The van der Waals surface area contributed by atoms with Gasteiger partial charge in [-0.1, -0.05) is 17.7 Å². The molecule has 20 heavy (non-hydrogen) atoms. The lowest BCUT2D eigenvalue weighted by Crippen LogP contribution is -2.23. The monoisotopic (exact) mass is 283 g/mol. The van der Waals surface area contributed by atoms with Crippen LogP contribution in [0.25, 0.3) is 0 Å². The normalized spacial score (nSPS) is 15.8. The largest absolute Gasteiger partial charge is 0.450 e. The summed E-state index contributed by atoms with van der Waals surface area (Å²) in [5.41, 5.74) is 9.24. The molecule has 0 unspecified atom stereocenters. The number of nitrogen functional groups attached to an aromatic ring is 1. The predicted molar refractivity (Wildman–Crippen MR) is 71.3 cm³/mol. The van der Waals surface area contributed by atoms with Crippen molar-refractivity contribution in [2.45, 2.75) is 38.3 Å². The molecular formula is C15H16F3NO. The van der Waals surface area contributed by atoms with Gasteiger partial charge in [0.05, 0.1) is 0 Å². The number of halogens is 3. The molecule has 0 atom stereocenters. The zero-order chi connectivity index (χ0) is 14.8. The maximum absolute atomic E-state index is 12.3. The van der Waals surface area contributed by atoms with E-state index in [4.69, 9.17) is 5.73 Å². The summed E-state index contributed by atoms with van der Waals surface area (Å²) in [6, 6.07) is 5.62. The minimum Gasteiger partial charge on any atom is -0.399 e. The van der Waals surface area contributed by atoms with Crippen molar-refractivity contribution in [2.75, 3.05) is 5.73 Å². The van der Waals surface area contributed by atoms with Crippen LogP contribution in [0, 0.1) is 0 Å². The summed E-state index contributed by atoms with van der Waals surface area (Å²) < 4.78 is 36.8. The smallest absolute Gasteiger partial charge is 0.399 e. The van der Waals surface area contributed by atoms with Gasteiger partial charge < -0.3 is 5.73 Å². The van der Waals surface area contributed by atoms with Crippen LogP contribution in [0.15, 0.2) is 29.8 Å². The molecule has 108 valence electrons. The van der Waals surface area contributed by atoms with Crippen molar-refractivity contribution in [1.82, 2.24) is 0 Å². The van der Waals surface area contributed by atoms with Crippen LogP contribution in [0.5, 0.6) is 0 Å². The Hall–Kier alpha value is -1.78. The van der Waals surface area contributed by atoms with Crippen LogP contribution in [0.2, 0.25) is 0 Å². The lowest BCUT2D eigenvalue weighted by Gasteiger charge is -2.15. The second kappa shape index (κ2) is 5.69. The minimum absolute atomic E-state index is 0.485. The molecule has 0 amide bonds. The first-order valence-electron chi connectivity index (χ1n) is 6.51. The fourth-order valence-electron chi connectivity index (χ4n) is 2.42. The quantitative estimate of drug-likeness (QED) is 0.665. The highest BCUT2D eigenvalue weighted by molar-refractivity contribution is 5.86. The van der Waals surface area contributed by atoms with E-state index in [0.29, 0.717) is 30.5 Å². The molecule has 1 aromatic rings. The standard InChI is InChI=1S/C15H16F3NO/c16-15(17,18)14(20)8-10-2-1-3-12-9-13(19)7-6-11(12)5-4-10/h2,6-7,9H,1,3-5,8,19H2. The van der Waals surface area contributed by atoms with Gasteiger partial charge >= 0.3 is 6.18 Å². The average Bonchev–Trinajstić information content (AvgIpc) is 2.33. The molecule has 2 nitrogen and oxygen atoms in total. The van der Waals surface area contributed by atoms with Crippen LogP contribution in [0.1, 0.15) is 30.4 Å². The van der Waals surface area contributed by atoms with Crippen LogP contribution in [-0.2, 0) is 17.6 Å². The molecular weight excluding hydrogens is 267 g/mol. The molecule has 0 bridgehead atoms. The van der Waals surface area contributed by atoms with Gasteiger partial charge in [0.15, 0.2) is 0 Å². The molecule has 2 rings (SSSR count). The van der Waals surface area contributed by atoms with Gasteiger partial charge in [-0.05, 0) is 48.9 Å². The number of alkyl halides is 3. The van der Waals surface area contributed by atoms with E-state index < -0.39 is 18.4 Å². The Morgan fingerprint density at radius 3 is 2.60 bits per heavy atom. The number of nitrogens with two attached hydrogens (primary N) is 1. The number of anilines is 1. The Morgan fingerprint density at radius 1 is 1.15 bits per heavy atom. The van der Waals surface area contributed by atoms with Crippen molar-refractivity contribution in [2.24, 2.45) is 0 Å². The number of allylic oxidation sites excluding steroid dienone is 2. The first kappa shape index (κ1) is 14.6.